The van der Waals surface area contributed by atoms with Crippen molar-refractivity contribution in [3.63, 3.8) is 0 Å². The van der Waals surface area contributed by atoms with Crippen LogP contribution < -0.4 is 5.32 Å². The highest BCUT2D eigenvalue weighted by molar-refractivity contribution is 7.88. The number of carbonyl (C=O) groups excluding carboxylic acids is 2. The first-order valence-corrected chi connectivity index (χ1v) is 13.6. The number of piperidine rings is 1. The van der Waals surface area contributed by atoms with Crippen LogP contribution in [0, 0.1) is 5.92 Å². The second-order valence-electron chi connectivity index (χ2n) is 8.14. The van der Waals surface area contributed by atoms with Gasteiger partial charge in [0.05, 0.1) is 17.0 Å². The van der Waals surface area contributed by atoms with Crippen molar-refractivity contribution in [1.82, 2.24) is 9.21 Å². The van der Waals surface area contributed by atoms with Gasteiger partial charge in [0.2, 0.25) is 15.9 Å². The zero-order chi connectivity index (χ0) is 24.9. The SMILES string of the molecule is CCN(CC)C(=O)c1ccccc1NC(=O)C1CCN(S(=O)(=O)Cc2c(Cl)cccc2Cl)CC1. The van der Waals surface area contributed by atoms with Gasteiger partial charge < -0.3 is 10.2 Å². The van der Waals surface area contributed by atoms with Crippen molar-refractivity contribution in [2.45, 2.75) is 32.4 Å². The Bertz CT molecular complexity index is 1120. The summed E-state index contributed by atoms with van der Waals surface area (Å²) in [5, 5.41) is 3.50. The van der Waals surface area contributed by atoms with Gasteiger partial charge in [-0.15, -0.1) is 0 Å². The summed E-state index contributed by atoms with van der Waals surface area (Å²) in [6.45, 7) is 5.41. The Labute approximate surface area is 211 Å². The molecule has 2 aromatic carbocycles. The average molecular weight is 526 g/mol. The number of carbonyl (C=O) groups is 2. The van der Waals surface area contributed by atoms with Crippen LogP contribution in [0.1, 0.15) is 42.6 Å². The van der Waals surface area contributed by atoms with E-state index in [1.54, 1.807) is 47.4 Å². The largest absolute Gasteiger partial charge is 0.339 e. The highest BCUT2D eigenvalue weighted by atomic mass is 35.5. The first kappa shape index (κ1) is 26.5. The van der Waals surface area contributed by atoms with E-state index in [0.29, 0.717) is 52.8 Å². The number of amides is 2. The maximum Gasteiger partial charge on any atom is 0.255 e. The van der Waals surface area contributed by atoms with Gasteiger partial charge in [-0.3, -0.25) is 9.59 Å². The molecule has 0 radical (unpaired) electrons. The van der Waals surface area contributed by atoms with Crippen molar-refractivity contribution in [2.75, 3.05) is 31.5 Å². The summed E-state index contributed by atoms with van der Waals surface area (Å²) in [5.74, 6) is -0.999. The topological polar surface area (TPSA) is 86.8 Å². The molecule has 2 amide bonds. The monoisotopic (exact) mass is 525 g/mol. The van der Waals surface area contributed by atoms with Crippen LogP contribution in [-0.4, -0.2) is 55.6 Å². The lowest BCUT2D eigenvalue weighted by atomic mass is 9.97. The Balaban J connectivity index is 1.64. The van der Waals surface area contributed by atoms with Crippen molar-refractivity contribution in [3.05, 3.63) is 63.6 Å². The van der Waals surface area contributed by atoms with E-state index in [0.717, 1.165) is 0 Å². The Morgan fingerprint density at radius 1 is 1.00 bits per heavy atom. The Kier molecular flexibility index (Phi) is 8.98. The molecule has 0 bridgehead atoms. The number of benzene rings is 2. The number of anilines is 1. The molecule has 0 aliphatic carbocycles. The fourth-order valence-electron chi connectivity index (χ4n) is 4.03. The number of halogens is 2. The summed E-state index contributed by atoms with van der Waals surface area (Å²) >= 11 is 12.3. The average Bonchev–Trinajstić information content (AvgIpc) is 2.82. The van der Waals surface area contributed by atoms with Crippen LogP contribution in [0.4, 0.5) is 5.69 Å². The van der Waals surface area contributed by atoms with Gasteiger partial charge in [-0.2, -0.15) is 0 Å². The minimum Gasteiger partial charge on any atom is -0.339 e. The Hall–Kier alpha value is -2.13. The number of rotatable bonds is 8. The third-order valence-electron chi connectivity index (χ3n) is 6.07. The predicted molar refractivity (Wildman–Crippen MR) is 136 cm³/mol. The minimum atomic E-state index is -3.64. The molecule has 0 saturated carbocycles. The molecule has 0 spiro atoms. The van der Waals surface area contributed by atoms with Crippen LogP contribution in [0.3, 0.4) is 0 Å². The van der Waals surface area contributed by atoms with Crippen molar-refractivity contribution in [1.29, 1.82) is 0 Å². The number of nitrogens with one attached hydrogen (secondary N) is 1. The first-order chi connectivity index (χ1) is 16.2. The zero-order valence-electron chi connectivity index (χ0n) is 19.3. The number of hydrogen-bond donors (Lipinski definition) is 1. The summed E-state index contributed by atoms with van der Waals surface area (Å²) in [6.07, 6.45) is 0.765. The number of sulfonamides is 1. The molecule has 184 valence electrons. The van der Waals surface area contributed by atoms with Crippen LogP contribution in [0.5, 0.6) is 0 Å². The molecule has 3 rings (SSSR count). The van der Waals surface area contributed by atoms with E-state index >= 15 is 0 Å². The van der Waals surface area contributed by atoms with E-state index in [4.69, 9.17) is 23.2 Å². The van der Waals surface area contributed by atoms with Gasteiger partial charge in [0, 0.05) is 47.7 Å². The second-order valence-corrected chi connectivity index (χ2v) is 10.9. The molecule has 0 unspecified atom stereocenters. The normalized spacial score (nSPS) is 15.2. The van der Waals surface area contributed by atoms with Crippen LogP contribution in [0.25, 0.3) is 0 Å². The second kappa shape index (κ2) is 11.5. The van der Waals surface area contributed by atoms with E-state index in [1.807, 2.05) is 13.8 Å². The first-order valence-electron chi connectivity index (χ1n) is 11.3. The summed E-state index contributed by atoms with van der Waals surface area (Å²) in [4.78, 5) is 27.5. The molecular weight excluding hydrogens is 497 g/mol. The maximum atomic E-state index is 12.9. The lowest BCUT2D eigenvalue weighted by Crippen LogP contribution is -2.42. The predicted octanol–water partition coefficient (Wildman–Crippen LogP) is 4.66. The highest BCUT2D eigenvalue weighted by Gasteiger charge is 2.32. The number of hydrogen-bond acceptors (Lipinski definition) is 4. The van der Waals surface area contributed by atoms with Gasteiger partial charge in [-0.25, -0.2) is 12.7 Å². The van der Waals surface area contributed by atoms with Crippen LogP contribution in [0.15, 0.2) is 42.5 Å². The summed E-state index contributed by atoms with van der Waals surface area (Å²) in [7, 11) is -3.64. The minimum absolute atomic E-state index is 0.139. The lowest BCUT2D eigenvalue weighted by molar-refractivity contribution is -0.120. The molecule has 1 heterocycles. The van der Waals surface area contributed by atoms with Crippen molar-refractivity contribution in [2.24, 2.45) is 5.92 Å². The van der Waals surface area contributed by atoms with Crippen molar-refractivity contribution in [3.8, 4) is 0 Å². The standard InChI is InChI=1S/C24H29Cl2N3O4S/c1-3-28(4-2)24(31)18-8-5-6-11-22(18)27-23(30)17-12-14-29(15-13-17)34(32,33)16-19-20(25)9-7-10-21(19)26/h5-11,17H,3-4,12-16H2,1-2H3,(H,27,30). The summed E-state index contributed by atoms with van der Waals surface area (Å²) < 4.78 is 27.2. The van der Waals surface area contributed by atoms with Crippen molar-refractivity contribution < 1.29 is 18.0 Å². The third kappa shape index (κ3) is 6.10. The van der Waals surface area contributed by atoms with Gasteiger partial charge in [-0.1, -0.05) is 41.4 Å². The third-order valence-corrected chi connectivity index (χ3v) is 8.59. The molecule has 0 aromatic heterocycles. The molecule has 1 aliphatic heterocycles. The molecule has 1 aliphatic rings. The lowest BCUT2D eigenvalue weighted by Gasteiger charge is -2.31. The Morgan fingerprint density at radius 2 is 1.59 bits per heavy atom. The molecule has 1 fully saturated rings. The number of para-hydroxylation sites is 1. The molecule has 34 heavy (non-hydrogen) atoms. The molecule has 7 nitrogen and oxygen atoms in total. The summed E-state index contributed by atoms with van der Waals surface area (Å²) in [5.41, 5.74) is 1.28. The highest BCUT2D eigenvalue weighted by Crippen LogP contribution is 2.29. The van der Waals surface area contributed by atoms with E-state index in [1.165, 1.54) is 4.31 Å². The van der Waals surface area contributed by atoms with Gasteiger partial charge in [0.1, 0.15) is 0 Å². The smallest absolute Gasteiger partial charge is 0.255 e. The van der Waals surface area contributed by atoms with Gasteiger partial charge in [-0.05, 0) is 51.0 Å². The quantitative estimate of drug-likeness (QED) is 0.543. The number of nitrogens with zero attached hydrogens (tertiary/aromatic N) is 2. The van der Waals surface area contributed by atoms with Crippen LogP contribution >= 0.6 is 23.2 Å². The molecule has 1 saturated heterocycles. The van der Waals surface area contributed by atoms with E-state index in [9.17, 15) is 18.0 Å². The van der Waals surface area contributed by atoms with E-state index in [-0.39, 0.29) is 36.6 Å². The molecular formula is C24H29Cl2N3O4S. The molecule has 0 atom stereocenters. The zero-order valence-corrected chi connectivity index (χ0v) is 21.6. The molecule has 10 heteroatoms. The van der Waals surface area contributed by atoms with Crippen molar-refractivity contribution >= 4 is 50.7 Å². The van der Waals surface area contributed by atoms with Gasteiger partial charge in [0.25, 0.3) is 5.91 Å². The van der Waals surface area contributed by atoms with Gasteiger partial charge >= 0.3 is 0 Å². The van der Waals surface area contributed by atoms with Crippen LogP contribution in [0.2, 0.25) is 10.0 Å². The Morgan fingerprint density at radius 3 is 2.18 bits per heavy atom. The molecule has 2 aromatic rings. The maximum absolute atomic E-state index is 12.9. The fraction of sp³-hybridized carbons (Fsp3) is 0.417. The fourth-order valence-corrected chi connectivity index (χ4v) is 6.35. The summed E-state index contributed by atoms with van der Waals surface area (Å²) in [6, 6.07) is 11.8. The van der Waals surface area contributed by atoms with E-state index in [2.05, 4.69) is 5.32 Å². The van der Waals surface area contributed by atoms with Crippen LogP contribution in [-0.2, 0) is 20.6 Å². The molecule has 1 N–H and O–H groups in total. The van der Waals surface area contributed by atoms with E-state index < -0.39 is 10.0 Å². The van der Waals surface area contributed by atoms with Gasteiger partial charge in [0.15, 0.2) is 0 Å².